The minimum absolute atomic E-state index is 0. The van der Waals surface area contributed by atoms with Crippen LogP contribution in [0.25, 0.3) is 0 Å². The van der Waals surface area contributed by atoms with Gasteiger partial charge in [-0.15, -0.1) is 12.4 Å². The first-order valence-corrected chi connectivity index (χ1v) is 7.51. The van der Waals surface area contributed by atoms with Crippen LogP contribution in [-0.2, 0) is 4.79 Å². The van der Waals surface area contributed by atoms with Gasteiger partial charge in [-0.05, 0) is 51.3 Å². The van der Waals surface area contributed by atoms with Gasteiger partial charge in [-0.2, -0.15) is 0 Å². The van der Waals surface area contributed by atoms with Gasteiger partial charge in [0.25, 0.3) is 0 Å². The molecule has 0 aromatic heterocycles. The molecule has 1 saturated heterocycles. The minimum atomic E-state index is -0.624. The van der Waals surface area contributed by atoms with E-state index in [2.05, 4.69) is 10.6 Å². The molecule has 6 heteroatoms. The Morgan fingerprint density at radius 3 is 2.68 bits per heavy atom. The lowest BCUT2D eigenvalue weighted by Crippen LogP contribution is -2.30. The van der Waals surface area contributed by atoms with E-state index in [1.54, 1.807) is 6.92 Å². The standard InChI is InChI=1S/C16H22F2N2O.ClH/c1-11(14-4-3-13(17)10-15(14)18)20-16(21)5-2-12-6-8-19-9-7-12;/h3-4,10-12,19H,2,5-9H2,1H3,(H,20,21);1H. The molecule has 1 atom stereocenters. The number of carbonyl (C=O) groups excluding carboxylic acids is 1. The van der Waals surface area contributed by atoms with Crippen LogP contribution in [0.3, 0.4) is 0 Å². The molecule has 1 fully saturated rings. The zero-order valence-electron chi connectivity index (χ0n) is 12.7. The molecular formula is C16H23ClF2N2O. The first-order valence-electron chi connectivity index (χ1n) is 7.51. The van der Waals surface area contributed by atoms with Gasteiger partial charge >= 0.3 is 0 Å². The Morgan fingerprint density at radius 1 is 1.36 bits per heavy atom. The maximum absolute atomic E-state index is 13.6. The second-order valence-corrected chi connectivity index (χ2v) is 5.69. The molecule has 1 unspecified atom stereocenters. The number of halogens is 3. The average molecular weight is 333 g/mol. The van der Waals surface area contributed by atoms with Crippen molar-refractivity contribution in [1.82, 2.24) is 10.6 Å². The summed E-state index contributed by atoms with van der Waals surface area (Å²) >= 11 is 0. The van der Waals surface area contributed by atoms with E-state index in [9.17, 15) is 13.6 Å². The van der Waals surface area contributed by atoms with E-state index >= 15 is 0 Å². The number of hydrogen-bond donors (Lipinski definition) is 2. The fourth-order valence-electron chi connectivity index (χ4n) is 2.75. The predicted octanol–water partition coefficient (Wildman–Crippen LogP) is 3.34. The van der Waals surface area contributed by atoms with E-state index in [1.807, 2.05) is 0 Å². The summed E-state index contributed by atoms with van der Waals surface area (Å²) in [6, 6.07) is 2.97. The van der Waals surface area contributed by atoms with Gasteiger partial charge in [0.05, 0.1) is 6.04 Å². The molecule has 0 saturated carbocycles. The lowest BCUT2D eigenvalue weighted by Gasteiger charge is -2.22. The van der Waals surface area contributed by atoms with Gasteiger partial charge < -0.3 is 10.6 Å². The van der Waals surface area contributed by atoms with E-state index in [0.29, 0.717) is 17.9 Å². The van der Waals surface area contributed by atoms with Crippen LogP contribution in [0.4, 0.5) is 8.78 Å². The van der Waals surface area contributed by atoms with Crippen LogP contribution in [0, 0.1) is 17.6 Å². The lowest BCUT2D eigenvalue weighted by molar-refractivity contribution is -0.122. The highest BCUT2D eigenvalue weighted by molar-refractivity contribution is 5.85. The molecule has 124 valence electrons. The van der Waals surface area contributed by atoms with E-state index < -0.39 is 17.7 Å². The van der Waals surface area contributed by atoms with Gasteiger partial charge in [0.15, 0.2) is 0 Å². The summed E-state index contributed by atoms with van der Waals surface area (Å²) in [5.74, 6) is -0.721. The van der Waals surface area contributed by atoms with Crippen LogP contribution in [0.1, 0.15) is 44.2 Å². The molecular weight excluding hydrogens is 310 g/mol. The molecule has 3 nitrogen and oxygen atoms in total. The highest BCUT2D eigenvalue weighted by Gasteiger charge is 2.17. The number of rotatable bonds is 5. The summed E-state index contributed by atoms with van der Waals surface area (Å²) < 4.78 is 26.5. The molecule has 1 aromatic carbocycles. The van der Waals surface area contributed by atoms with Crippen molar-refractivity contribution in [3.05, 3.63) is 35.4 Å². The Bertz CT molecular complexity index is 493. The smallest absolute Gasteiger partial charge is 0.220 e. The van der Waals surface area contributed by atoms with E-state index in [1.165, 1.54) is 12.1 Å². The summed E-state index contributed by atoms with van der Waals surface area (Å²) in [5.41, 5.74) is 0.312. The number of carbonyl (C=O) groups is 1. The SMILES string of the molecule is CC(NC(=O)CCC1CCNCC1)c1ccc(F)cc1F.Cl. The zero-order chi connectivity index (χ0) is 15.2. The molecule has 2 rings (SSSR count). The van der Waals surface area contributed by atoms with Crippen molar-refractivity contribution in [1.29, 1.82) is 0 Å². The van der Waals surface area contributed by atoms with E-state index in [-0.39, 0.29) is 18.3 Å². The van der Waals surface area contributed by atoms with Gasteiger partial charge in [0.2, 0.25) is 5.91 Å². The highest BCUT2D eigenvalue weighted by Crippen LogP contribution is 2.20. The van der Waals surface area contributed by atoms with Gasteiger partial charge in [0, 0.05) is 18.1 Å². The minimum Gasteiger partial charge on any atom is -0.349 e. The van der Waals surface area contributed by atoms with Crippen LogP contribution >= 0.6 is 12.4 Å². The van der Waals surface area contributed by atoms with Crippen LogP contribution in [0.15, 0.2) is 18.2 Å². The summed E-state index contributed by atoms with van der Waals surface area (Å²) in [6.45, 7) is 3.74. The van der Waals surface area contributed by atoms with Crippen molar-refractivity contribution in [2.45, 2.75) is 38.6 Å². The summed E-state index contributed by atoms with van der Waals surface area (Å²) in [4.78, 5) is 11.9. The molecule has 0 radical (unpaired) electrons. The summed E-state index contributed by atoms with van der Waals surface area (Å²) in [6.07, 6.45) is 3.54. The van der Waals surface area contributed by atoms with Crippen molar-refractivity contribution in [2.24, 2.45) is 5.92 Å². The van der Waals surface area contributed by atoms with E-state index in [4.69, 9.17) is 0 Å². The zero-order valence-corrected chi connectivity index (χ0v) is 13.5. The Hall–Kier alpha value is -1.20. The van der Waals surface area contributed by atoms with Crippen LogP contribution in [-0.4, -0.2) is 19.0 Å². The summed E-state index contributed by atoms with van der Waals surface area (Å²) in [7, 11) is 0. The Kier molecular flexibility index (Phi) is 7.76. The molecule has 2 N–H and O–H groups in total. The lowest BCUT2D eigenvalue weighted by atomic mass is 9.93. The summed E-state index contributed by atoms with van der Waals surface area (Å²) in [5, 5.41) is 6.07. The monoisotopic (exact) mass is 332 g/mol. The number of piperidine rings is 1. The van der Waals surface area contributed by atoms with E-state index in [0.717, 1.165) is 38.4 Å². The molecule has 1 heterocycles. The first kappa shape index (κ1) is 18.8. The molecule has 0 spiro atoms. The second kappa shape index (κ2) is 9.06. The van der Waals surface area contributed by atoms with Gasteiger partial charge in [-0.1, -0.05) is 6.07 Å². The van der Waals surface area contributed by atoms with Crippen LogP contribution in [0.5, 0.6) is 0 Å². The largest absolute Gasteiger partial charge is 0.349 e. The van der Waals surface area contributed by atoms with Crippen molar-refractivity contribution >= 4 is 18.3 Å². The molecule has 1 aromatic rings. The Morgan fingerprint density at radius 2 is 2.05 bits per heavy atom. The topological polar surface area (TPSA) is 41.1 Å². The maximum atomic E-state index is 13.6. The van der Waals surface area contributed by atoms with Crippen molar-refractivity contribution in [2.75, 3.05) is 13.1 Å². The van der Waals surface area contributed by atoms with Gasteiger partial charge in [0.1, 0.15) is 11.6 Å². The first-order chi connectivity index (χ1) is 10.1. The fourth-order valence-corrected chi connectivity index (χ4v) is 2.75. The Balaban J connectivity index is 0.00000242. The van der Waals surface area contributed by atoms with Crippen molar-refractivity contribution in [3.8, 4) is 0 Å². The van der Waals surface area contributed by atoms with Crippen molar-refractivity contribution < 1.29 is 13.6 Å². The van der Waals surface area contributed by atoms with Crippen LogP contribution in [0.2, 0.25) is 0 Å². The third-order valence-electron chi connectivity index (χ3n) is 4.04. The third-order valence-corrected chi connectivity index (χ3v) is 4.04. The fraction of sp³-hybridized carbons (Fsp3) is 0.562. The normalized spacial score (nSPS) is 16.7. The van der Waals surface area contributed by atoms with Crippen LogP contribution < -0.4 is 10.6 Å². The molecule has 1 amide bonds. The Labute approximate surface area is 136 Å². The van der Waals surface area contributed by atoms with Crippen molar-refractivity contribution in [3.63, 3.8) is 0 Å². The second-order valence-electron chi connectivity index (χ2n) is 5.69. The number of nitrogens with one attached hydrogen (secondary N) is 2. The molecule has 0 aliphatic carbocycles. The number of hydrogen-bond acceptors (Lipinski definition) is 2. The highest BCUT2D eigenvalue weighted by atomic mass is 35.5. The third kappa shape index (κ3) is 5.54. The number of benzene rings is 1. The molecule has 0 bridgehead atoms. The molecule has 1 aliphatic rings. The van der Waals surface area contributed by atoms with Gasteiger partial charge in [-0.3, -0.25) is 4.79 Å². The number of amides is 1. The maximum Gasteiger partial charge on any atom is 0.220 e. The van der Waals surface area contributed by atoms with Gasteiger partial charge in [-0.25, -0.2) is 8.78 Å². The molecule has 22 heavy (non-hydrogen) atoms. The quantitative estimate of drug-likeness (QED) is 0.868. The predicted molar refractivity (Wildman–Crippen MR) is 85.0 cm³/mol. The average Bonchev–Trinajstić information content (AvgIpc) is 2.46. The molecule has 1 aliphatic heterocycles.